The van der Waals surface area contributed by atoms with Crippen LogP contribution in [0.4, 0.5) is 0 Å². The molecule has 10 nitrogen and oxygen atoms in total. The molecule has 1 fully saturated rings. The molecule has 216 valence electrons. The van der Waals surface area contributed by atoms with E-state index in [4.69, 9.17) is 31.7 Å². The molecule has 0 radical (unpaired) electrons. The maximum atomic E-state index is 9.10. The Hall–Kier alpha value is -3.79. The first kappa shape index (κ1) is 33.4. The van der Waals surface area contributed by atoms with E-state index in [1.807, 2.05) is 36.5 Å². The molecule has 0 saturated carbocycles. The topological polar surface area (TPSA) is 177 Å². The monoisotopic (exact) mass is 575 g/mol. The van der Waals surface area contributed by atoms with Crippen LogP contribution in [-0.2, 0) is 4.74 Å². The van der Waals surface area contributed by atoms with Gasteiger partial charge in [0, 0.05) is 21.1 Å². The van der Waals surface area contributed by atoms with Gasteiger partial charge in [0.25, 0.3) is 0 Å². The molecule has 8 unspecified atom stereocenters. The van der Waals surface area contributed by atoms with E-state index in [0.29, 0.717) is 12.2 Å². The number of epoxide rings is 1. The standard InChI is InChI=1S/2C6H7N3O.C6H9NS.C6H6O.C6H8/c2*7-9-8-5-3-1-2-4-6(5)10;7-5-3-1-2-4-6(5)8;1-2-4-6-5(3-1)7-6;1-2-4-6-5-3-1/h2*1-6,10H;1-6,8H,7H2;1-6H;1-2,5-6H,3-4H2. The van der Waals surface area contributed by atoms with Crippen LogP contribution >= 0.6 is 12.6 Å². The Morgan fingerprint density at radius 3 is 1.34 bits per heavy atom. The third-order valence-electron chi connectivity index (χ3n) is 5.82. The van der Waals surface area contributed by atoms with Crippen LogP contribution in [0.1, 0.15) is 12.8 Å². The maximum Gasteiger partial charge on any atom is 0.107 e. The summed E-state index contributed by atoms with van der Waals surface area (Å²) in [5.74, 6) is 0. The van der Waals surface area contributed by atoms with Gasteiger partial charge in [-0.2, -0.15) is 12.6 Å². The average Bonchev–Trinajstić information content (AvgIpc) is 3.80. The van der Waals surface area contributed by atoms with E-state index in [-0.39, 0.29) is 11.3 Å². The molecule has 11 heteroatoms. The number of nitrogens with two attached hydrogens (primary N) is 1. The number of ether oxygens (including phenoxy) is 1. The zero-order chi connectivity index (χ0) is 29.7. The highest BCUT2D eigenvalue weighted by Crippen LogP contribution is 2.26. The molecule has 0 aromatic heterocycles. The molecule has 1 heterocycles. The number of nitrogens with zero attached hydrogens (tertiary/aromatic N) is 6. The van der Waals surface area contributed by atoms with Crippen molar-refractivity contribution < 1.29 is 14.9 Å². The molecule has 0 aromatic carbocycles. The average molecular weight is 576 g/mol. The van der Waals surface area contributed by atoms with Crippen LogP contribution in [0.15, 0.2) is 132 Å². The van der Waals surface area contributed by atoms with E-state index in [1.165, 1.54) is 0 Å². The molecule has 0 aromatic rings. The van der Waals surface area contributed by atoms with Gasteiger partial charge in [-0.05, 0) is 23.9 Å². The van der Waals surface area contributed by atoms with Gasteiger partial charge in [0.15, 0.2) is 0 Å². The van der Waals surface area contributed by atoms with Crippen molar-refractivity contribution in [2.45, 2.75) is 60.6 Å². The van der Waals surface area contributed by atoms with Crippen molar-refractivity contribution in [2.75, 3.05) is 0 Å². The van der Waals surface area contributed by atoms with Crippen LogP contribution in [0.5, 0.6) is 0 Å². The van der Waals surface area contributed by atoms with Crippen molar-refractivity contribution >= 4 is 12.6 Å². The summed E-state index contributed by atoms with van der Waals surface area (Å²) in [4.78, 5) is 5.18. The van der Waals surface area contributed by atoms with Gasteiger partial charge in [-0.25, -0.2) is 0 Å². The van der Waals surface area contributed by atoms with E-state index in [2.05, 4.69) is 69.1 Å². The molecule has 8 atom stereocenters. The summed E-state index contributed by atoms with van der Waals surface area (Å²) < 4.78 is 5.10. The molecule has 0 spiro atoms. The Morgan fingerprint density at radius 2 is 1.02 bits per heavy atom. The van der Waals surface area contributed by atoms with E-state index >= 15 is 0 Å². The largest absolute Gasteiger partial charge is 0.388 e. The van der Waals surface area contributed by atoms with Crippen molar-refractivity contribution in [3.63, 3.8) is 0 Å². The lowest BCUT2D eigenvalue weighted by Crippen LogP contribution is -2.28. The highest BCUT2D eigenvalue weighted by Gasteiger charge is 2.34. The number of azide groups is 2. The number of hydrogen-bond donors (Lipinski definition) is 4. The molecule has 41 heavy (non-hydrogen) atoms. The first-order valence-electron chi connectivity index (χ1n) is 13.2. The van der Waals surface area contributed by atoms with Gasteiger partial charge >= 0.3 is 0 Å². The van der Waals surface area contributed by atoms with Crippen molar-refractivity contribution in [2.24, 2.45) is 16.0 Å². The summed E-state index contributed by atoms with van der Waals surface area (Å²) in [5.41, 5.74) is 21.6. The summed E-state index contributed by atoms with van der Waals surface area (Å²) in [6, 6.07) is -0.770. The van der Waals surface area contributed by atoms with Crippen LogP contribution in [0, 0.1) is 0 Å². The van der Waals surface area contributed by atoms with Gasteiger partial charge in [-0.3, -0.25) is 0 Å². The minimum Gasteiger partial charge on any atom is -0.388 e. The Labute approximate surface area is 246 Å². The SMILES string of the molecule is C1=CC2OC2C=C1.C1=CCC=CC1.NC1C=CC=CC1S.[N-]=[N+]=NC1C=CC=CC1O.[N-]=[N+]=NC1C=CC=CC1O. The summed E-state index contributed by atoms with van der Waals surface area (Å²) in [7, 11) is 0. The number of fused-ring (bicyclic) bond motifs is 1. The molecule has 5 aliphatic carbocycles. The Bertz CT molecular complexity index is 1100. The number of aliphatic hydroxyl groups is 2. The van der Waals surface area contributed by atoms with E-state index in [0.717, 1.165) is 12.8 Å². The lowest BCUT2D eigenvalue weighted by Gasteiger charge is -2.12. The summed E-state index contributed by atoms with van der Waals surface area (Å²) in [6.45, 7) is 0. The van der Waals surface area contributed by atoms with Gasteiger partial charge in [-0.15, -0.1) is 0 Å². The predicted molar refractivity (Wildman–Crippen MR) is 168 cm³/mol. The predicted octanol–water partition coefficient (Wildman–Crippen LogP) is 5.81. The smallest absolute Gasteiger partial charge is 0.107 e. The zero-order valence-corrected chi connectivity index (χ0v) is 23.5. The fourth-order valence-corrected chi connectivity index (χ4v) is 3.65. The Kier molecular flexibility index (Phi) is 16.4. The third kappa shape index (κ3) is 14.4. The van der Waals surface area contributed by atoms with E-state index in [9.17, 15) is 0 Å². The van der Waals surface area contributed by atoms with Gasteiger partial charge in [-0.1, -0.05) is 132 Å². The number of aliphatic hydroxyl groups excluding tert-OH is 2. The molecule has 0 bridgehead atoms. The maximum absolute atomic E-state index is 9.10. The van der Waals surface area contributed by atoms with Crippen LogP contribution in [0.2, 0.25) is 0 Å². The van der Waals surface area contributed by atoms with Crippen LogP contribution in [-0.4, -0.2) is 58.0 Å². The quantitative estimate of drug-likeness (QED) is 0.0811. The van der Waals surface area contributed by atoms with Crippen LogP contribution in [0.25, 0.3) is 20.9 Å². The fourth-order valence-electron chi connectivity index (χ4n) is 3.45. The summed E-state index contributed by atoms with van der Waals surface area (Å²) in [6.07, 6.45) is 40.0. The number of rotatable bonds is 2. The van der Waals surface area contributed by atoms with Gasteiger partial charge in [0.05, 0.1) is 24.3 Å². The van der Waals surface area contributed by atoms with Gasteiger partial charge < -0.3 is 20.7 Å². The van der Waals surface area contributed by atoms with Crippen LogP contribution in [0.3, 0.4) is 0 Å². The highest BCUT2D eigenvalue weighted by atomic mass is 32.1. The molecule has 1 saturated heterocycles. The molecular weight excluding hydrogens is 538 g/mol. The van der Waals surface area contributed by atoms with Crippen molar-refractivity contribution in [3.05, 3.63) is 142 Å². The molecule has 4 N–H and O–H groups in total. The normalized spacial score (nSPS) is 31.6. The van der Waals surface area contributed by atoms with Gasteiger partial charge in [0.1, 0.15) is 12.2 Å². The summed E-state index contributed by atoms with van der Waals surface area (Å²) >= 11 is 4.19. The van der Waals surface area contributed by atoms with Crippen molar-refractivity contribution in [3.8, 4) is 0 Å². The molecule has 6 aliphatic rings. The Balaban J connectivity index is 0.000000181. The fraction of sp³-hybridized carbons (Fsp3) is 0.333. The third-order valence-corrected chi connectivity index (χ3v) is 6.34. The summed E-state index contributed by atoms with van der Waals surface area (Å²) in [5, 5.41) is 25.1. The number of thiol groups is 1. The first-order chi connectivity index (χ1) is 20.0. The van der Waals surface area contributed by atoms with E-state index in [1.54, 1.807) is 48.6 Å². The minimum atomic E-state index is -0.666. The lowest BCUT2D eigenvalue weighted by molar-refractivity contribution is 0.206. The second kappa shape index (κ2) is 20.1. The van der Waals surface area contributed by atoms with Crippen LogP contribution < -0.4 is 5.73 Å². The second-order valence-electron chi connectivity index (χ2n) is 9.00. The molecular formula is C30H37N7O3S. The molecule has 1 aliphatic heterocycles. The van der Waals surface area contributed by atoms with Crippen molar-refractivity contribution in [1.82, 2.24) is 0 Å². The zero-order valence-electron chi connectivity index (χ0n) is 22.6. The number of hydrogen-bond acceptors (Lipinski definition) is 7. The van der Waals surface area contributed by atoms with Crippen molar-refractivity contribution in [1.29, 1.82) is 0 Å². The van der Waals surface area contributed by atoms with Gasteiger partial charge in [0.2, 0.25) is 0 Å². The first-order valence-corrected chi connectivity index (χ1v) is 13.7. The highest BCUT2D eigenvalue weighted by molar-refractivity contribution is 7.81. The lowest BCUT2D eigenvalue weighted by atomic mass is 10.1. The Morgan fingerprint density at radius 1 is 0.634 bits per heavy atom. The van der Waals surface area contributed by atoms with E-state index < -0.39 is 24.3 Å². The minimum absolute atomic E-state index is 0.100. The second-order valence-corrected chi connectivity index (χ2v) is 9.60. The molecule has 6 rings (SSSR count). The molecule has 0 amide bonds. The number of allylic oxidation sites excluding steroid dienone is 12.